The van der Waals surface area contributed by atoms with Gasteiger partial charge in [0.05, 0.1) is 18.9 Å². The summed E-state index contributed by atoms with van der Waals surface area (Å²) < 4.78 is 19.8. The van der Waals surface area contributed by atoms with Crippen LogP contribution in [0.5, 0.6) is 0 Å². The quantitative estimate of drug-likeness (QED) is 0.860. The maximum absolute atomic E-state index is 14.5. The fourth-order valence-electron chi connectivity index (χ4n) is 3.80. The maximum Gasteiger partial charge on any atom is 0.321 e. The van der Waals surface area contributed by atoms with Crippen LogP contribution in [-0.4, -0.2) is 68.3 Å². The lowest BCUT2D eigenvalue weighted by Gasteiger charge is -2.34. The van der Waals surface area contributed by atoms with Gasteiger partial charge in [-0.1, -0.05) is 30.3 Å². The number of rotatable bonds is 4. The number of anilines is 2. The molecule has 6 nitrogen and oxygen atoms in total. The number of morpholine rings is 1. The van der Waals surface area contributed by atoms with Gasteiger partial charge in [0.2, 0.25) is 0 Å². The number of carbonyl (C=O) groups is 1. The van der Waals surface area contributed by atoms with E-state index in [0.29, 0.717) is 50.8 Å². The molecule has 0 atom stereocenters. The molecule has 0 radical (unpaired) electrons. The van der Waals surface area contributed by atoms with Gasteiger partial charge < -0.3 is 19.9 Å². The predicted molar refractivity (Wildman–Crippen MR) is 112 cm³/mol. The number of carbonyl (C=O) groups excluding carboxylic acids is 1. The van der Waals surface area contributed by atoms with Crippen molar-refractivity contribution in [1.29, 1.82) is 0 Å². The van der Waals surface area contributed by atoms with Crippen molar-refractivity contribution in [1.82, 2.24) is 9.80 Å². The van der Waals surface area contributed by atoms with Crippen LogP contribution in [0.1, 0.15) is 5.56 Å². The first-order chi connectivity index (χ1) is 14.2. The summed E-state index contributed by atoms with van der Waals surface area (Å²) in [5.41, 5.74) is 2.32. The molecule has 7 heteroatoms. The van der Waals surface area contributed by atoms with Gasteiger partial charge in [0.25, 0.3) is 0 Å². The largest absolute Gasteiger partial charge is 0.378 e. The number of nitrogens with one attached hydrogen (secondary N) is 1. The third-order valence-electron chi connectivity index (χ3n) is 5.46. The summed E-state index contributed by atoms with van der Waals surface area (Å²) in [6.07, 6.45) is 0. The van der Waals surface area contributed by atoms with Crippen molar-refractivity contribution >= 4 is 17.4 Å². The Hall–Kier alpha value is -2.64. The first-order valence-corrected chi connectivity index (χ1v) is 10.1. The normalized spacial score (nSPS) is 18.0. The summed E-state index contributed by atoms with van der Waals surface area (Å²) in [5.74, 6) is -0.322. The van der Waals surface area contributed by atoms with Crippen molar-refractivity contribution in [2.75, 3.05) is 62.7 Å². The number of hydrogen-bond donors (Lipinski definition) is 1. The fourth-order valence-corrected chi connectivity index (χ4v) is 3.80. The molecule has 0 saturated carbocycles. The van der Waals surface area contributed by atoms with Crippen LogP contribution in [0.3, 0.4) is 0 Å². The fraction of sp³-hybridized carbons (Fsp3) is 0.409. The molecule has 2 aliphatic heterocycles. The Morgan fingerprint density at radius 2 is 1.69 bits per heavy atom. The smallest absolute Gasteiger partial charge is 0.321 e. The Kier molecular flexibility index (Phi) is 6.27. The van der Waals surface area contributed by atoms with Crippen LogP contribution < -0.4 is 10.2 Å². The Morgan fingerprint density at radius 1 is 0.966 bits per heavy atom. The van der Waals surface area contributed by atoms with E-state index in [1.807, 2.05) is 23.1 Å². The minimum absolute atomic E-state index is 0.178. The zero-order valence-electron chi connectivity index (χ0n) is 16.5. The van der Waals surface area contributed by atoms with Gasteiger partial charge >= 0.3 is 6.03 Å². The number of nitrogens with zero attached hydrogens (tertiary/aromatic N) is 3. The molecule has 1 N–H and O–H groups in total. The van der Waals surface area contributed by atoms with Gasteiger partial charge in [-0.3, -0.25) is 4.90 Å². The second-order valence-electron chi connectivity index (χ2n) is 7.44. The minimum atomic E-state index is -0.322. The molecule has 0 unspecified atom stereocenters. The van der Waals surface area contributed by atoms with E-state index in [2.05, 4.69) is 22.3 Å². The summed E-state index contributed by atoms with van der Waals surface area (Å²) in [6.45, 7) is 6.43. The molecule has 2 aromatic rings. The number of halogens is 1. The van der Waals surface area contributed by atoms with Gasteiger partial charge in [0.1, 0.15) is 5.82 Å². The van der Waals surface area contributed by atoms with Crippen LogP contribution in [0.4, 0.5) is 20.6 Å². The van der Waals surface area contributed by atoms with E-state index in [4.69, 9.17) is 4.74 Å². The minimum Gasteiger partial charge on any atom is -0.378 e. The van der Waals surface area contributed by atoms with E-state index in [9.17, 15) is 9.18 Å². The van der Waals surface area contributed by atoms with E-state index >= 15 is 0 Å². The van der Waals surface area contributed by atoms with E-state index in [-0.39, 0.29) is 11.8 Å². The van der Waals surface area contributed by atoms with Gasteiger partial charge in [-0.15, -0.1) is 0 Å². The Bertz CT molecular complexity index is 819. The lowest BCUT2D eigenvalue weighted by molar-refractivity contribution is 0.122. The highest BCUT2D eigenvalue weighted by molar-refractivity contribution is 5.89. The Morgan fingerprint density at radius 3 is 2.38 bits per heavy atom. The van der Waals surface area contributed by atoms with Gasteiger partial charge in [-0.2, -0.15) is 0 Å². The highest BCUT2D eigenvalue weighted by atomic mass is 19.1. The molecule has 2 saturated heterocycles. The molecule has 2 amide bonds. The first-order valence-electron chi connectivity index (χ1n) is 10.1. The van der Waals surface area contributed by atoms with Crippen molar-refractivity contribution < 1.29 is 13.9 Å². The molecule has 0 spiro atoms. The highest BCUT2D eigenvalue weighted by Gasteiger charge is 2.22. The Balaban J connectivity index is 1.29. The number of benzene rings is 2. The molecule has 0 aliphatic carbocycles. The second-order valence-corrected chi connectivity index (χ2v) is 7.44. The standard InChI is InChI=1S/C22H27FN4O2/c23-20-16-19(6-7-21(20)26-12-14-29-15-13-26)24-22(28)27-10-8-25(9-11-27)17-18-4-2-1-3-5-18/h1-7,16H,8-15,17H2,(H,24,28). The van der Waals surface area contributed by atoms with E-state index in [1.54, 1.807) is 17.0 Å². The summed E-state index contributed by atoms with van der Waals surface area (Å²) in [5, 5.41) is 2.83. The number of hydrogen-bond acceptors (Lipinski definition) is 4. The van der Waals surface area contributed by atoms with Crippen molar-refractivity contribution in [2.45, 2.75) is 6.54 Å². The first kappa shape index (κ1) is 19.7. The number of urea groups is 1. The number of amides is 2. The van der Waals surface area contributed by atoms with Crippen LogP contribution >= 0.6 is 0 Å². The SMILES string of the molecule is O=C(Nc1ccc(N2CCOCC2)c(F)c1)N1CCN(Cc2ccccc2)CC1. The van der Waals surface area contributed by atoms with Crippen LogP contribution in [-0.2, 0) is 11.3 Å². The average molecular weight is 398 g/mol. The third kappa shape index (κ3) is 5.05. The zero-order chi connectivity index (χ0) is 20.1. The summed E-state index contributed by atoms with van der Waals surface area (Å²) in [6, 6.07) is 15.1. The van der Waals surface area contributed by atoms with Crippen molar-refractivity contribution in [3.05, 3.63) is 59.9 Å². The number of piperazine rings is 1. The van der Waals surface area contributed by atoms with E-state index in [0.717, 1.165) is 19.6 Å². The molecular weight excluding hydrogens is 371 g/mol. The zero-order valence-corrected chi connectivity index (χ0v) is 16.5. The molecule has 2 aliphatic rings. The third-order valence-corrected chi connectivity index (χ3v) is 5.46. The molecule has 4 rings (SSSR count). The van der Waals surface area contributed by atoms with Gasteiger partial charge in [0.15, 0.2) is 0 Å². The molecule has 29 heavy (non-hydrogen) atoms. The molecule has 2 aromatic carbocycles. The van der Waals surface area contributed by atoms with Crippen LogP contribution in [0, 0.1) is 5.82 Å². The molecule has 154 valence electrons. The summed E-state index contributed by atoms with van der Waals surface area (Å²) in [4.78, 5) is 18.7. The van der Waals surface area contributed by atoms with Gasteiger partial charge in [-0.05, 0) is 23.8 Å². The maximum atomic E-state index is 14.5. The topological polar surface area (TPSA) is 48.1 Å². The van der Waals surface area contributed by atoms with Crippen molar-refractivity contribution in [2.24, 2.45) is 0 Å². The molecular formula is C22H27FN4O2. The van der Waals surface area contributed by atoms with E-state index < -0.39 is 0 Å². The van der Waals surface area contributed by atoms with Crippen LogP contribution in [0.2, 0.25) is 0 Å². The van der Waals surface area contributed by atoms with Gasteiger partial charge in [-0.25, -0.2) is 9.18 Å². The lowest BCUT2D eigenvalue weighted by Crippen LogP contribution is -2.49. The monoisotopic (exact) mass is 398 g/mol. The number of ether oxygens (including phenoxy) is 1. The molecule has 0 aromatic heterocycles. The average Bonchev–Trinajstić information content (AvgIpc) is 2.76. The predicted octanol–water partition coefficient (Wildman–Crippen LogP) is 3.01. The van der Waals surface area contributed by atoms with Crippen LogP contribution in [0.25, 0.3) is 0 Å². The second kappa shape index (κ2) is 9.24. The van der Waals surface area contributed by atoms with Gasteiger partial charge in [0, 0.05) is 51.5 Å². The summed E-state index contributed by atoms with van der Waals surface area (Å²) in [7, 11) is 0. The molecule has 2 heterocycles. The van der Waals surface area contributed by atoms with Crippen LogP contribution in [0.15, 0.2) is 48.5 Å². The lowest BCUT2D eigenvalue weighted by atomic mass is 10.2. The molecule has 2 fully saturated rings. The van der Waals surface area contributed by atoms with E-state index in [1.165, 1.54) is 11.6 Å². The highest BCUT2D eigenvalue weighted by Crippen LogP contribution is 2.24. The summed E-state index contributed by atoms with van der Waals surface area (Å²) >= 11 is 0. The molecule has 0 bridgehead atoms. The van der Waals surface area contributed by atoms with Crippen molar-refractivity contribution in [3.63, 3.8) is 0 Å². The Labute approximate surface area is 170 Å². The van der Waals surface area contributed by atoms with Crippen molar-refractivity contribution in [3.8, 4) is 0 Å².